The Morgan fingerprint density at radius 1 is 1.30 bits per heavy atom. The minimum atomic E-state index is -3.51. The summed E-state index contributed by atoms with van der Waals surface area (Å²) in [5, 5.41) is 9.57. The van der Waals surface area contributed by atoms with Crippen molar-refractivity contribution < 1.29 is 13.5 Å². The van der Waals surface area contributed by atoms with Gasteiger partial charge in [-0.3, -0.25) is 0 Å². The van der Waals surface area contributed by atoms with Gasteiger partial charge in [-0.1, -0.05) is 30.5 Å². The third-order valence-electron chi connectivity index (χ3n) is 2.68. The molecule has 0 bridgehead atoms. The lowest BCUT2D eigenvalue weighted by molar-refractivity contribution is 0.223. The van der Waals surface area contributed by atoms with Crippen LogP contribution in [0.25, 0.3) is 0 Å². The molecule has 2 N–H and O–H groups in total. The molecule has 0 heterocycles. The van der Waals surface area contributed by atoms with Gasteiger partial charge in [0.05, 0.1) is 4.90 Å². The van der Waals surface area contributed by atoms with Crippen LogP contribution in [0.15, 0.2) is 29.2 Å². The summed E-state index contributed by atoms with van der Waals surface area (Å²) in [4.78, 5) is 0.231. The zero-order valence-corrected chi connectivity index (χ0v) is 12.7. The minimum absolute atomic E-state index is 0.165. The number of aliphatic hydroxyl groups is 1. The van der Waals surface area contributed by atoms with E-state index in [9.17, 15) is 13.5 Å². The van der Waals surface area contributed by atoms with Crippen LogP contribution in [0.3, 0.4) is 0 Å². The smallest absolute Gasteiger partial charge is 0.240 e. The van der Waals surface area contributed by atoms with Crippen molar-refractivity contribution in [3.05, 3.63) is 29.8 Å². The van der Waals surface area contributed by atoms with E-state index < -0.39 is 16.1 Å². The van der Waals surface area contributed by atoms with Crippen molar-refractivity contribution in [3.8, 4) is 11.8 Å². The molecule has 0 fully saturated rings. The molecule has 0 radical (unpaired) electrons. The molecule has 1 unspecified atom stereocenters. The van der Waals surface area contributed by atoms with Crippen LogP contribution in [0.2, 0.25) is 0 Å². The molecule has 0 amide bonds. The van der Waals surface area contributed by atoms with Gasteiger partial charge in [-0.15, -0.1) is 5.92 Å². The number of nitrogens with one attached hydrogen (secondary N) is 1. The van der Waals surface area contributed by atoms with Crippen LogP contribution in [-0.2, 0) is 10.0 Å². The van der Waals surface area contributed by atoms with Gasteiger partial charge >= 0.3 is 0 Å². The largest absolute Gasteiger partial charge is 0.380 e. The Labute approximate surface area is 121 Å². The quantitative estimate of drug-likeness (QED) is 0.787. The highest BCUT2D eigenvalue weighted by Gasteiger charge is 2.13. The van der Waals surface area contributed by atoms with Crippen LogP contribution in [0.4, 0.5) is 0 Å². The molecule has 1 atom stereocenters. The molecule has 110 valence electrons. The first-order valence-electron chi connectivity index (χ1n) is 6.68. The fourth-order valence-corrected chi connectivity index (χ4v) is 2.57. The van der Waals surface area contributed by atoms with Crippen molar-refractivity contribution in [2.24, 2.45) is 0 Å². The number of hydrogen-bond donors (Lipinski definition) is 2. The Morgan fingerprint density at radius 2 is 1.95 bits per heavy atom. The number of hydrogen-bond acceptors (Lipinski definition) is 3. The molecule has 1 aromatic rings. The van der Waals surface area contributed by atoms with E-state index in [0.29, 0.717) is 0 Å². The maximum atomic E-state index is 12.0. The zero-order valence-electron chi connectivity index (χ0n) is 11.9. The number of benzene rings is 1. The van der Waals surface area contributed by atoms with Crippen LogP contribution >= 0.6 is 0 Å². The summed E-state index contributed by atoms with van der Waals surface area (Å²) in [6.45, 7) is 4.07. The van der Waals surface area contributed by atoms with Gasteiger partial charge < -0.3 is 5.11 Å². The van der Waals surface area contributed by atoms with Crippen molar-refractivity contribution >= 4 is 10.0 Å². The molecule has 1 aromatic carbocycles. The Balaban J connectivity index is 2.49. The number of sulfonamides is 1. The van der Waals surface area contributed by atoms with E-state index >= 15 is 0 Å². The van der Waals surface area contributed by atoms with Crippen molar-refractivity contribution in [1.29, 1.82) is 0 Å². The first-order chi connectivity index (χ1) is 9.45. The van der Waals surface area contributed by atoms with E-state index in [1.807, 2.05) is 13.8 Å². The van der Waals surface area contributed by atoms with Gasteiger partial charge in [0.2, 0.25) is 10.0 Å². The normalized spacial score (nSPS) is 12.6. The van der Waals surface area contributed by atoms with Crippen LogP contribution in [-0.4, -0.2) is 26.2 Å². The van der Waals surface area contributed by atoms with Crippen molar-refractivity contribution in [1.82, 2.24) is 4.72 Å². The number of aliphatic hydroxyl groups excluding tert-OH is 1. The Morgan fingerprint density at radius 3 is 2.55 bits per heavy atom. The number of rotatable bonds is 6. The average Bonchev–Trinajstić information content (AvgIpc) is 2.39. The molecule has 1 rings (SSSR count). The van der Waals surface area contributed by atoms with Gasteiger partial charge in [0.25, 0.3) is 0 Å². The van der Waals surface area contributed by atoms with Gasteiger partial charge in [0, 0.05) is 13.0 Å². The third kappa shape index (κ3) is 5.74. The van der Waals surface area contributed by atoms with Crippen LogP contribution in [0, 0.1) is 18.8 Å². The minimum Gasteiger partial charge on any atom is -0.380 e. The SMILES string of the molecule is CCCC#CC(O)CCNS(=O)(=O)c1ccc(C)cc1. The van der Waals surface area contributed by atoms with E-state index in [1.165, 1.54) is 0 Å². The lowest BCUT2D eigenvalue weighted by Crippen LogP contribution is -2.27. The van der Waals surface area contributed by atoms with Crippen LogP contribution in [0.1, 0.15) is 31.7 Å². The van der Waals surface area contributed by atoms with Gasteiger partial charge in [-0.2, -0.15) is 0 Å². The molecule has 4 nitrogen and oxygen atoms in total. The maximum absolute atomic E-state index is 12.0. The summed E-state index contributed by atoms with van der Waals surface area (Å²) in [5.41, 5.74) is 1.01. The molecular weight excluding hydrogens is 274 g/mol. The van der Waals surface area contributed by atoms with Crippen molar-refractivity contribution in [3.63, 3.8) is 0 Å². The molecule has 0 spiro atoms. The van der Waals surface area contributed by atoms with E-state index in [-0.39, 0.29) is 17.9 Å². The number of unbranched alkanes of at least 4 members (excludes halogenated alkanes) is 1. The average molecular weight is 295 g/mol. The predicted molar refractivity (Wildman–Crippen MR) is 79.7 cm³/mol. The zero-order chi connectivity index (χ0) is 15.0. The standard InChI is InChI=1S/C15H21NO3S/c1-3-4-5-6-14(17)11-12-16-20(18,19)15-9-7-13(2)8-10-15/h7-10,14,16-17H,3-4,11-12H2,1-2H3. The fourth-order valence-electron chi connectivity index (χ4n) is 1.52. The van der Waals surface area contributed by atoms with E-state index in [1.54, 1.807) is 24.3 Å². The van der Waals surface area contributed by atoms with E-state index in [0.717, 1.165) is 18.4 Å². The number of aryl methyl sites for hydroxylation is 1. The molecule has 0 aromatic heterocycles. The second kappa shape index (κ2) is 8.05. The van der Waals surface area contributed by atoms with Crippen molar-refractivity contribution in [2.75, 3.05) is 6.54 Å². The molecule has 0 aliphatic rings. The molecular formula is C15H21NO3S. The maximum Gasteiger partial charge on any atom is 0.240 e. The van der Waals surface area contributed by atoms with Gasteiger partial charge in [-0.05, 0) is 31.9 Å². The second-order valence-electron chi connectivity index (χ2n) is 4.59. The highest BCUT2D eigenvalue weighted by molar-refractivity contribution is 7.89. The topological polar surface area (TPSA) is 66.4 Å². The third-order valence-corrected chi connectivity index (χ3v) is 4.16. The lowest BCUT2D eigenvalue weighted by Gasteiger charge is -2.08. The van der Waals surface area contributed by atoms with E-state index in [2.05, 4.69) is 16.6 Å². The Bertz CT molecular complexity index is 567. The van der Waals surface area contributed by atoms with Crippen molar-refractivity contribution in [2.45, 2.75) is 44.1 Å². The molecule has 20 heavy (non-hydrogen) atoms. The summed E-state index contributed by atoms with van der Waals surface area (Å²) >= 11 is 0. The predicted octanol–water partition coefficient (Wildman–Crippen LogP) is 1.83. The van der Waals surface area contributed by atoms with Crippen LogP contribution in [0.5, 0.6) is 0 Å². The molecule has 5 heteroatoms. The highest BCUT2D eigenvalue weighted by Crippen LogP contribution is 2.09. The summed E-state index contributed by atoms with van der Waals surface area (Å²) in [7, 11) is -3.51. The Kier molecular flexibility index (Phi) is 6.73. The van der Waals surface area contributed by atoms with E-state index in [4.69, 9.17) is 0 Å². The van der Waals surface area contributed by atoms with Crippen LogP contribution < -0.4 is 4.72 Å². The first-order valence-corrected chi connectivity index (χ1v) is 8.17. The molecule has 0 saturated heterocycles. The summed E-state index contributed by atoms with van der Waals surface area (Å²) in [6.07, 6.45) is 1.18. The van der Waals surface area contributed by atoms with Gasteiger partial charge in [-0.25, -0.2) is 13.1 Å². The monoisotopic (exact) mass is 295 g/mol. The first kappa shape index (κ1) is 16.7. The lowest BCUT2D eigenvalue weighted by atomic mass is 10.2. The summed E-state index contributed by atoms with van der Waals surface area (Å²) in [6, 6.07) is 6.63. The Hall–Kier alpha value is -1.35. The summed E-state index contributed by atoms with van der Waals surface area (Å²) < 4.78 is 26.4. The second-order valence-corrected chi connectivity index (χ2v) is 6.35. The van der Waals surface area contributed by atoms with Gasteiger partial charge in [0.1, 0.15) is 6.10 Å². The highest BCUT2D eigenvalue weighted by atomic mass is 32.2. The molecule has 0 aliphatic heterocycles. The van der Waals surface area contributed by atoms with Gasteiger partial charge in [0.15, 0.2) is 0 Å². The molecule has 0 aliphatic carbocycles. The fraction of sp³-hybridized carbons (Fsp3) is 0.467. The summed E-state index contributed by atoms with van der Waals surface area (Å²) in [5.74, 6) is 5.53. The molecule has 0 saturated carbocycles.